The zero-order valence-electron chi connectivity index (χ0n) is 12.3. The van der Waals surface area contributed by atoms with E-state index in [2.05, 4.69) is 9.88 Å². The van der Waals surface area contributed by atoms with Gasteiger partial charge < -0.3 is 16.4 Å². The third kappa shape index (κ3) is 2.93. The van der Waals surface area contributed by atoms with Gasteiger partial charge in [-0.2, -0.15) is 0 Å². The molecule has 1 saturated carbocycles. The van der Waals surface area contributed by atoms with Crippen LogP contribution in [0.25, 0.3) is 0 Å². The fourth-order valence-electron chi connectivity index (χ4n) is 3.13. The SMILES string of the molecule is Cc1ccc(C(N)=O)c(N(C)C2CCCCC2CN)n1. The highest BCUT2D eigenvalue weighted by Gasteiger charge is 2.29. The number of amides is 1. The minimum atomic E-state index is -0.431. The van der Waals surface area contributed by atoms with Gasteiger partial charge in [0.2, 0.25) is 0 Å². The second kappa shape index (κ2) is 6.22. The molecule has 1 fully saturated rings. The van der Waals surface area contributed by atoms with Crippen LogP contribution in [0.15, 0.2) is 12.1 Å². The van der Waals surface area contributed by atoms with Crippen LogP contribution in [0, 0.1) is 12.8 Å². The number of nitrogens with zero attached hydrogens (tertiary/aromatic N) is 2. The Labute approximate surface area is 120 Å². The van der Waals surface area contributed by atoms with Crippen molar-refractivity contribution in [3.05, 3.63) is 23.4 Å². The smallest absolute Gasteiger partial charge is 0.252 e. The van der Waals surface area contributed by atoms with Crippen LogP contribution in [0.1, 0.15) is 41.7 Å². The topological polar surface area (TPSA) is 85.2 Å². The van der Waals surface area contributed by atoms with Crippen LogP contribution < -0.4 is 16.4 Å². The monoisotopic (exact) mass is 276 g/mol. The van der Waals surface area contributed by atoms with Gasteiger partial charge in [0.1, 0.15) is 5.82 Å². The Morgan fingerprint density at radius 2 is 2.10 bits per heavy atom. The van der Waals surface area contributed by atoms with Crippen LogP contribution in [-0.4, -0.2) is 30.5 Å². The molecule has 1 aliphatic rings. The number of rotatable bonds is 4. The van der Waals surface area contributed by atoms with Crippen molar-refractivity contribution in [1.29, 1.82) is 0 Å². The van der Waals surface area contributed by atoms with Gasteiger partial charge in [0.05, 0.1) is 5.56 Å². The fraction of sp³-hybridized carbons (Fsp3) is 0.600. The van der Waals surface area contributed by atoms with Gasteiger partial charge in [-0.25, -0.2) is 4.98 Å². The molecule has 5 heteroatoms. The molecule has 1 aliphatic carbocycles. The summed E-state index contributed by atoms with van der Waals surface area (Å²) in [6.45, 7) is 2.59. The molecule has 110 valence electrons. The third-order valence-electron chi connectivity index (χ3n) is 4.28. The zero-order valence-corrected chi connectivity index (χ0v) is 12.3. The average molecular weight is 276 g/mol. The predicted octanol–water partition coefficient (Wildman–Crippen LogP) is 1.44. The predicted molar refractivity (Wildman–Crippen MR) is 80.7 cm³/mol. The molecular formula is C15H24N4O. The Hall–Kier alpha value is -1.62. The Morgan fingerprint density at radius 1 is 1.40 bits per heavy atom. The molecule has 0 radical (unpaired) electrons. The number of nitrogens with two attached hydrogens (primary N) is 2. The minimum absolute atomic E-state index is 0.334. The van der Waals surface area contributed by atoms with Crippen LogP contribution in [0.4, 0.5) is 5.82 Å². The van der Waals surface area contributed by atoms with E-state index in [1.165, 1.54) is 12.8 Å². The second-order valence-electron chi connectivity index (χ2n) is 5.65. The molecule has 0 spiro atoms. The van der Waals surface area contributed by atoms with Crippen molar-refractivity contribution >= 4 is 11.7 Å². The van der Waals surface area contributed by atoms with E-state index in [4.69, 9.17) is 11.5 Å². The van der Waals surface area contributed by atoms with Crippen molar-refractivity contribution in [2.24, 2.45) is 17.4 Å². The standard InChI is InChI=1S/C15H24N4O/c1-10-7-8-12(14(17)20)15(18-10)19(2)13-6-4-3-5-11(13)9-16/h7-8,11,13H,3-6,9,16H2,1-2H3,(H2,17,20). The van der Waals surface area contributed by atoms with Crippen molar-refractivity contribution in [3.63, 3.8) is 0 Å². The largest absolute Gasteiger partial charge is 0.365 e. The quantitative estimate of drug-likeness (QED) is 0.871. The molecule has 0 aliphatic heterocycles. The van der Waals surface area contributed by atoms with E-state index in [1.807, 2.05) is 20.0 Å². The summed E-state index contributed by atoms with van der Waals surface area (Å²) in [6.07, 6.45) is 4.66. The van der Waals surface area contributed by atoms with E-state index in [0.29, 0.717) is 29.9 Å². The minimum Gasteiger partial charge on any atom is -0.365 e. The number of primary amides is 1. The summed E-state index contributed by atoms with van der Waals surface area (Å²) in [5.41, 5.74) is 12.7. The van der Waals surface area contributed by atoms with Crippen LogP contribution >= 0.6 is 0 Å². The van der Waals surface area contributed by atoms with Crippen molar-refractivity contribution in [1.82, 2.24) is 4.98 Å². The van der Waals surface area contributed by atoms with Crippen molar-refractivity contribution < 1.29 is 4.79 Å². The maximum Gasteiger partial charge on any atom is 0.252 e. The number of carbonyl (C=O) groups is 1. The van der Waals surface area contributed by atoms with E-state index in [9.17, 15) is 4.79 Å². The fourth-order valence-corrected chi connectivity index (χ4v) is 3.13. The van der Waals surface area contributed by atoms with Crippen LogP contribution in [0.5, 0.6) is 0 Å². The zero-order chi connectivity index (χ0) is 14.7. The van der Waals surface area contributed by atoms with E-state index in [-0.39, 0.29) is 0 Å². The maximum absolute atomic E-state index is 11.6. The highest BCUT2D eigenvalue weighted by molar-refractivity contribution is 5.97. The first-order chi connectivity index (χ1) is 9.54. The summed E-state index contributed by atoms with van der Waals surface area (Å²) in [5.74, 6) is 0.707. The summed E-state index contributed by atoms with van der Waals surface area (Å²) in [7, 11) is 1.99. The van der Waals surface area contributed by atoms with E-state index >= 15 is 0 Å². The van der Waals surface area contributed by atoms with Crippen molar-refractivity contribution in [3.8, 4) is 0 Å². The van der Waals surface area contributed by atoms with E-state index in [0.717, 1.165) is 18.5 Å². The number of hydrogen-bond donors (Lipinski definition) is 2. The lowest BCUT2D eigenvalue weighted by Crippen LogP contribution is -2.44. The summed E-state index contributed by atoms with van der Waals surface area (Å²) in [6, 6.07) is 3.91. The van der Waals surface area contributed by atoms with Gasteiger partial charge in [-0.15, -0.1) is 0 Å². The summed E-state index contributed by atoms with van der Waals surface area (Å²) >= 11 is 0. The van der Waals surface area contributed by atoms with E-state index in [1.54, 1.807) is 6.07 Å². The molecule has 20 heavy (non-hydrogen) atoms. The lowest BCUT2D eigenvalue weighted by molar-refractivity contribution is 0.1000. The number of anilines is 1. The molecule has 2 unspecified atom stereocenters. The van der Waals surface area contributed by atoms with Crippen LogP contribution in [-0.2, 0) is 0 Å². The van der Waals surface area contributed by atoms with Crippen molar-refractivity contribution in [2.75, 3.05) is 18.5 Å². The molecule has 1 aromatic rings. The molecule has 1 amide bonds. The first kappa shape index (κ1) is 14.8. The van der Waals surface area contributed by atoms with Gasteiger partial charge in [-0.05, 0) is 44.4 Å². The Kier molecular flexibility index (Phi) is 4.60. The molecular weight excluding hydrogens is 252 g/mol. The van der Waals surface area contributed by atoms with Gasteiger partial charge in [-0.3, -0.25) is 4.79 Å². The lowest BCUT2D eigenvalue weighted by Gasteiger charge is -2.38. The lowest BCUT2D eigenvalue weighted by atomic mass is 9.83. The molecule has 2 rings (SSSR count). The first-order valence-electron chi connectivity index (χ1n) is 7.25. The molecule has 0 bridgehead atoms. The highest BCUT2D eigenvalue weighted by Crippen LogP contribution is 2.31. The Bertz CT molecular complexity index is 489. The number of pyridine rings is 1. The Balaban J connectivity index is 2.33. The number of hydrogen-bond acceptors (Lipinski definition) is 4. The molecule has 2 atom stereocenters. The van der Waals surface area contributed by atoms with E-state index < -0.39 is 5.91 Å². The van der Waals surface area contributed by atoms with Gasteiger partial charge in [0, 0.05) is 18.8 Å². The van der Waals surface area contributed by atoms with Gasteiger partial charge in [-0.1, -0.05) is 12.8 Å². The maximum atomic E-state index is 11.6. The first-order valence-corrected chi connectivity index (χ1v) is 7.25. The average Bonchev–Trinajstić information content (AvgIpc) is 2.46. The number of carbonyl (C=O) groups excluding carboxylic acids is 1. The molecule has 0 saturated heterocycles. The van der Waals surface area contributed by atoms with Crippen LogP contribution in [0.3, 0.4) is 0 Å². The second-order valence-corrected chi connectivity index (χ2v) is 5.65. The number of aryl methyl sites for hydroxylation is 1. The molecule has 4 N–H and O–H groups in total. The molecule has 1 aromatic heterocycles. The van der Waals surface area contributed by atoms with Gasteiger partial charge in [0.15, 0.2) is 0 Å². The molecule has 5 nitrogen and oxygen atoms in total. The van der Waals surface area contributed by atoms with Crippen molar-refractivity contribution in [2.45, 2.75) is 38.6 Å². The molecule has 1 heterocycles. The highest BCUT2D eigenvalue weighted by atomic mass is 16.1. The summed E-state index contributed by atoms with van der Waals surface area (Å²) < 4.78 is 0. The summed E-state index contributed by atoms with van der Waals surface area (Å²) in [5, 5.41) is 0. The van der Waals surface area contributed by atoms with Gasteiger partial charge in [0.25, 0.3) is 5.91 Å². The molecule has 0 aromatic carbocycles. The number of aromatic nitrogens is 1. The normalized spacial score (nSPS) is 22.6. The van der Waals surface area contributed by atoms with Gasteiger partial charge >= 0.3 is 0 Å². The third-order valence-corrected chi connectivity index (χ3v) is 4.28. The Morgan fingerprint density at radius 3 is 2.75 bits per heavy atom. The van der Waals surface area contributed by atoms with Crippen LogP contribution in [0.2, 0.25) is 0 Å². The summed E-state index contributed by atoms with van der Waals surface area (Å²) in [4.78, 5) is 18.2.